The second kappa shape index (κ2) is 5.59. The molecule has 1 aromatic carbocycles. The number of sulfonamides is 1. The van der Waals surface area contributed by atoms with Gasteiger partial charge in [-0.1, -0.05) is 29.8 Å². The Morgan fingerprint density at radius 2 is 1.84 bits per heavy atom. The van der Waals surface area contributed by atoms with Gasteiger partial charge in [0.2, 0.25) is 10.0 Å². The summed E-state index contributed by atoms with van der Waals surface area (Å²) >= 11 is 0. The molecule has 19 heavy (non-hydrogen) atoms. The quantitative estimate of drug-likeness (QED) is 0.845. The maximum atomic E-state index is 12.2. The molecule has 0 fully saturated rings. The van der Waals surface area contributed by atoms with Crippen molar-refractivity contribution in [3.63, 3.8) is 0 Å². The third kappa shape index (κ3) is 3.68. The number of hydrogen-bond donors (Lipinski definition) is 0. The van der Waals surface area contributed by atoms with Crippen molar-refractivity contribution in [2.45, 2.75) is 19.2 Å². The summed E-state index contributed by atoms with van der Waals surface area (Å²) in [5.74, 6) is 0.639. The molecule has 0 saturated heterocycles. The van der Waals surface area contributed by atoms with Gasteiger partial charge >= 0.3 is 0 Å². The standard InChI is InChI=1S/C14H17NO3S/c1-12-5-7-13(8-6-12)11-19(16,17)15(2)10-14-4-3-9-18-14/h3-9H,10-11H2,1-2H3. The summed E-state index contributed by atoms with van der Waals surface area (Å²) in [6, 6.07) is 11.0. The van der Waals surface area contributed by atoms with Crippen molar-refractivity contribution in [3.05, 3.63) is 59.5 Å². The number of benzene rings is 1. The minimum atomic E-state index is -3.33. The summed E-state index contributed by atoms with van der Waals surface area (Å²) < 4.78 is 30.9. The molecule has 0 radical (unpaired) electrons. The fourth-order valence-electron chi connectivity index (χ4n) is 1.73. The highest BCUT2D eigenvalue weighted by molar-refractivity contribution is 7.88. The molecule has 0 spiro atoms. The van der Waals surface area contributed by atoms with Crippen molar-refractivity contribution < 1.29 is 12.8 Å². The third-order valence-corrected chi connectivity index (χ3v) is 4.68. The zero-order valence-electron chi connectivity index (χ0n) is 11.0. The summed E-state index contributed by atoms with van der Waals surface area (Å²) in [6.07, 6.45) is 1.54. The minimum absolute atomic E-state index is 0.00445. The van der Waals surface area contributed by atoms with Crippen molar-refractivity contribution in [1.29, 1.82) is 0 Å². The maximum absolute atomic E-state index is 12.2. The van der Waals surface area contributed by atoms with Gasteiger partial charge in [-0.3, -0.25) is 0 Å². The van der Waals surface area contributed by atoms with Gasteiger partial charge in [-0.05, 0) is 24.6 Å². The van der Waals surface area contributed by atoms with E-state index in [1.165, 1.54) is 10.6 Å². The van der Waals surface area contributed by atoms with Gasteiger partial charge in [-0.15, -0.1) is 0 Å². The van der Waals surface area contributed by atoms with Crippen LogP contribution in [0.5, 0.6) is 0 Å². The molecule has 0 aliphatic rings. The predicted molar refractivity (Wildman–Crippen MR) is 74.0 cm³/mol. The van der Waals surface area contributed by atoms with Crippen LogP contribution < -0.4 is 0 Å². The summed E-state index contributed by atoms with van der Waals surface area (Å²) in [5, 5.41) is 0. The van der Waals surface area contributed by atoms with Crippen molar-refractivity contribution in [2.75, 3.05) is 7.05 Å². The largest absolute Gasteiger partial charge is 0.468 e. The number of rotatable bonds is 5. The molecule has 1 aromatic heterocycles. The molecule has 102 valence electrons. The van der Waals surface area contributed by atoms with E-state index in [1.807, 2.05) is 31.2 Å². The van der Waals surface area contributed by atoms with Crippen LogP contribution in [0, 0.1) is 6.92 Å². The molecule has 2 rings (SSSR count). The van der Waals surface area contributed by atoms with E-state index in [9.17, 15) is 8.42 Å². The number of aryl methyl sites for hydroxylation is 1. The van der Waals surface area contributed by atoms with Crippen LogP contribution in [0.15, 0.2) is 47.1 Å². The van der Waals surface area contributed by atoms with Crippen molar-refractivity contribution in [1.82, 2.24) is 4.31 Å². The molecule has 2 aromatic rings. The van der Waals surface area contributed by atoms with Crippen LogP contribution in [0.25, 0.3) is 0 Å². The van der Waals surface area contributed by atoms with E-state index in [-0.39, 0.29) is 12.3 Å². The summed E-state index contributed by atoms with van der Waals surface area (Å²) in [6.45, 7) is 2.22. The molecule has 0 atom stereocenters. The highest BCUT2D eigenvalue weighted by atomic mass is 32.2. The zero-order chi connectivity index (χ0) is 13.9. The van der Waals surface area contributed by atoms with Gasteiger partial charge in [0.25, 0.3) is 0 Å². The lowest BCUT2D eigenvalue weighted by Gasteiger charge is -2.15. The SMILES string of the molecule is Cc1ccc(CS(=O)(=O)N(C)Cc2ccco2)cc1. The van der Waals surface area contributed by atoms with Gasteiger partial charge in [-0.2, -0.15) is 4.31 Å². The predicted octanol–water partition coefficient (Wildman–Crippen LogP) is 2.55. The molecule has 0 aliphatic heterocycles. The second-order valence-electron chi connectivity index (χ2n) is 4.58. The molecule has 5 heteroatoms. The van der Waals surface area contributed by atoms with Gasteiger partial charge in [0.1, 0.15) is 5.76 Å². The topological polar surface area (TPSA) is 50.5 Å². The highest BCUT2D eigenvalue weighted by Gasteiger charge is 2.19. The Labute approximate surface area is 113 Å². The van der Waals surface area contributed by atoms with Crippen molar-refractivity contribution >= 4 is 10.0 Å². The number of nitrogens with zero attached hydrogens (tertiary/aromatic N) is 1. The third-order valence-electron chi connectivity index (χ3n) is 2.90. The van der Waals surface area contributed by atoms with E-state index in [0.29, 0.717) is 5.76 Å². The first-order valence-electron chi connectivity index (χ1n) is 5.99. The fraction of sp³-hybridized carbons (Fsp3) is 0.286. The zero-order valence-corrected chi connectivity index (χ0v) is 11.9. The minimum Gasteiger partial charge on any atom is -0.468 e. The Morgan fingerprint density at radius 1 is 1.16 bits per heavy atom. The first-order chi connectivity index (χ1) is 8.97. The molecule has 0 saturated carbocycles. The molecule has 0 unspecified atom stereocenters. The van der Waals surface area contributed by atoms with Crippen LogP contribution >= 0.6 is 0 Å². The van der Waals surface area contributed by atoms with E-state index >= 15 is 0 Å². The Balaban J connectivity index is 2.07. The van der Waals surface area contributed by atoms with Crippen LogP contribution in [-0.4, -0.2) is 19.8 Å². The lowest BCUT2D eigenvalue weighted by Crippen LogP contribution is -2.27. The molecular weight excluding hydrogens is 262 g/mol. The van der Waals surface area contributed by atoms with E-state index in [1.54, 1.807) is 19.2 Å². The van der Waals surface area contributed by atoms with Gasteiger partial charge < -0.3 is 4.42 Å². The van der Waals surface area contributed by atoms with Crippen LogP contribution in [-0.2, 0) is 22.3 Å². The van der Waals surface area contributed by atoms with E-state index in [4.69, 9.17) is 4.42 Å². The summed E-state index contributed by atoms with van der Waals surface area (Å²) in [7, 11) is -1.77. The van der Waals surface area contributed by atoms with Crippen molar-refractivity contribution in [3.8, 4) is 0 Å². The Bertz CT molecular complexity index is 615. The van der Waals surface area contributed by atoms with Gasteiger partial charge in [0.15, 0.2) is 0 Å². The smallest absolute Gasteiger partial charge is 0.218 e. The van der Waals surface area contributed by atoms with E-state index in [2.05, 4.69) is 0 Å². The van der Waals surface area contributed by atoms with Crippen molar-refractivity contribution in [2.24, 2.45) is 0 Å². The first kappa shape index (κ1) is 13.8. The summed E-state index contributed by atoms with van der Waals surface area (Å²) in [4.78, 5) is 0. The Hall–Kier alpha value is -1.59. The Morgan fingerprint density at radius 3 is 2.42 bits per heavy atom. The molecule has 0 bridgehead atoms. The first-order valence-corrected chi connectivity index (χ1v) is 7.60. The molecule has 0 aliphatic carbocycles. The second-order valence-corrected chi connectivity index (χ2v) is 6.65. The Kier molecular flexibility index (Phi) is 4.07. The number of furan rings is 1. The molecule has 0 N–H and O–H groups in total. The van der Waals surface area contributed by atoms with Crippen LogP contribution in [0.3, 0.4) is 0 Å². The van der Waals surface area contributed by atoms with E-state index < -0.39 is 10.0 Å². The number of hydrogen-bond acceptors (Lipinski definition) is 3. The lowest BCUT2D eigenvalue weighted by molar-refractivity contribution is 0.406. The maximum Gasteiger partial charge on any atom is 0.218 e. The molecule has 4 nitrogen and oxygen atoms in total. The molecule has 0 amide bonds. The van der Waals surface area contributed by atoms with E-state index in [0.717, 1.165) is 11.1 Å². The average molecular weight is 279 g/mol. The van der Waals surface area contributed by atoms with Gasteiger partial charge in [0.05, 0.1) is 18.6 Å². The molecular formula is C14H17NO3S. The van der Waals surface area contributed by atoms with Gasteiger partial charge in [-0.25, -0.2) is 8.42 Å². The summed E-state index contributed by atoms with van der Waals surface area (Å²) in [5.41, 5.74) is 1.90. The van der Waals surface area contributed by atoms with Crippen LogP contribution in [0.4, 0.5) is 0 Å². The van der Waals surface area contributed by atoms with Crippen LogP contribution in [0.1, 0.15) is 16.9 Å². The van der Waals surface area contributed by atoms with Gasteiger partial charge in [0, 0.05) is 7.05 Å². The molecule has 1 heterocycles. The lowest BCUT2D eigenvalue weighted by atomic mass is 10.2. The highest BCUT2D eigenvalue weighted by Crippen LogP contribution is 2.13. The van der Waals surface area contributed by atoms with Crippen LogP contribution in [0.2, 0.25) is 0 Å². The fourth-order valence-corrected chi connectivity index (χ4v) is 2.88. The monoisotopic (exact) mass is 279 g/mol. The average Bonchev–Trinajstić information content (AvgIpc) is 2.84. The normalized spacial score (nSPS) is 11.9.